The smallest absolute Gasteiger partial charge is 0.269 e. The van der Waals surface area contributed by atoms with Crippen LogP contribution in [0.5, 0.6) is 5.75 Å². The minimum Gasteiger partial charge on any atom is -0.494 e. The average Bonchev–Trinajstić information content (AvgIpc) is 2.99. The first kappa shape index (κ1) is 16.2. The maximum Gasteiger partial charge on any atom is 0.269 e. The van der Waals surface area contributed by atoms with Gasteiger partial charge >= 0.3 is 0 Å². The molecule has 22 heavy (non-hydrogen) atoms. The molecular weight excluding hydrogens is 286 g/mol. The lowest BCUT2D eigenvalue weighted by Gasteiger charge is -2.22. The number of nitrogens with zero attached hydrogens (tertiary/aromatic N) is 2. The van der Waals surface area contributed by atoms with Crippen LogP contribution in [0.1, 0.15) is 19.3 Å². The fourth-order valence-electron chi connectivity index (χ4n) is 2.68. The van der Waals surface area contributed by atoms with Crippen molar-refractivity contribution in [3.8, 4) is 5.75 Å². The van der Waals surface area contributed by atoms with Gasteiger partial charge in [-0.3, -0.25) is 19.8 Å². The van der Waals surface area contributed by atoms with Gasteiger partial charge in [0.05, 0.1) is 17.6 Å². The van der Waals surface area contributed by atoms with Crippen molar-refractivity contribution in [2.24, 2.45) is 0 Å². The summed E-state index contributed by atoms with van der Waals surface area (Å²) in [7, 11) is 1.66. The SMILES string of the molecule is CNC(=O)C1CCCN1CCCOc1ccc([N+](=O)[O-])cc1. The minimum atomic E-state index is -0.434. The summed E-state index contributed by atoms with van der Waals surface area (Å²) in [6.07, 6.45) is 2.76. The van der Waals surface area contributed by atoms with Gasteiger partial charge in [-0.2, -0.15) is 0 Å². The van der Waals surface area contributed by atoms with Crippen LogP contribution in [0.4, 0.5) is 5.69 Å². The standard InChI is InChI=1S/C15H21N3O4/c1-16-15(19)14-4-2-9-17(14)10-3-11-22-13-7-5-12(6-8-13)18(20)21/h5-8,14H,2-4,9-11H2,1H3,(H,16,19). The Bertz CT molecular complexity index is 518. The molecule has 2 rings (SSSR count). The van der Waals surface area contributed by atoms with Crippen molar-refractivity contribution in [1.29, 1.82) is 0 Å². The Morgan fingerprint density at radius 2 is 2.18 bits per heavy atom. The maximum atomic E-state index is 11.7. The van der Waals surface area contributed by atoms with Crippen molar-refractivity contribution >= 4 is 11.6 Å². The molecule has 1 saturated heterocycles. The summed E-state index contributed by atoms with van der Waals surface area (Å²) in [5.74, 6) is 0.698. The summed E-state index contributed by atoms with van der Waals surface area (Å²) in [6.45, 7) is 2.27. The van der Waals surface area contributed by atoms with Crippen molar-refractivity contribution in [2.45, 2.75) is 25.3 Å². The second-order valence-corrected chi connectivity index (χ2v) is 5.26. The lowest BCUT2D eigenvalue weighted by atomic mass is 10.2. The van der Waals surface area contributed by atoms with E-state index in [0.717, 1.165) is 32.4 Å². The second-order valence-electron chi connectivity index (χ2n) is 5.26. The molecule has 0 radical (unpaired) electrons. The van der Waals surface area contributed by atoms with Crippen LogP contribution in [0, 0.1) is 10.1 Å². The number of carbonyl (C=O) groups excluding carboxylic acids is 1. The van der Waals surface area contributed by atoms with E-state index in [4.69, 9.17) is 4.74 Å². The van der Waals surface area contributed by atoms with Gasteiger partial charge in [0.2, 0.25) is 5.91 Å². The molecule has 1 atom stereocenters. The van der Waals surface area contributed by atoms with E-state index >= 15 is 0 Å². The molecule has 1 unspecified atom stereocenters. The molecule has 0 aromatic heterocycles. The number of carbonyl (C=O) groups is 1. The normalized spacial score (nSPS) is 18.1. The zero-order valence-electron chi connectivity index (χ0n) is 12.7. The van der Waals surface area contributed by atoms with E-state index in [9.17, 15) is 14.9 Å². The van der Waals surface area contributed by atoms with Crippen LogP contribution >= 0.6 is 0 Å². The van der Waals surface area contributed by atoms with Gasteiger partial charge < -0.3 is 10.1 Å². The predicted octanol–water partition coefficient (Wildman–Crippen LogP) is 1.57. The van der Waals surface area contributed by atoms with Gasteiger partial charge in [-0.15, -0.1) is 0 Å². The first-order chi connectivity index (χ1) is 10.6. The highest BCUT2D eigenvalue weighted by atomic mass is 16.6. The van der Waals surface area contributed by atoms with E-state index in [1.165, 1.54) is 12.1 Å². The van der Waals surface area contributed by atoms with E-state index in [1.54, 1.807) is 19.2 Å². The Kier molecular flexibility index (Phi) is 5.71. The second kappa shape index (κ2) is 7.74. The highest BCUT2D eigenvalue weighted by Crippen LogP contribution is 2.19. The summed E-state index contributed by atoms with van der Waals surface area (Å²) >= 11 is 0. The number of amides is 1. The number of likely N-dealkylation sites (N-methyl/N-ethyl adjacent to an activating group) is 1. The Labute approximate surface area is 129 Å². The summed E-state index contributed by atoms with van der Waals surface area (Å²) in [4.78, 5) is 24.0. The number of nitrogens with one attached hydrogen (secondary N) is 1. The molecule has 0 bridgehead atoms. The molecule has 7 nitrogen and oxygen atoms in total. The van der Waals surface area contributed by atoms with Crippen molar-refractivity contribution in [3.63, 3.8) is 0 Å². The molecule has 1 aromatic carbocycles. The van der Waals surface area contributed by atoms with Crippen LogP contribution < -0.4 is 10.1 Å². The monoisotopic (exact) mass is 307 g/mol. The number of benzene rings is 1. The van der Waals surface area contributed by atoms with Gasteiger partial charge in [0, 0.05) is 25.7 Å². The van der Waals surface area contributed by atoms with Gasteiger partial charge in [0.1, 0.15) is 5.75 Å². The predicted molar refractivity (Wildman–Crippen MR) is 81.9 cm³/mol. The van der Waals surface area contributed by atoms with E-state index in [-0.39, 0.29) is 17.6 Å². The fraction of sp³-hybridized carbons (Fsp3) is 0.533. The molecular formula is C15H21N3O4. The highest BCUT2D eigenvalue weighted by Gasteiger charge is 2.29. The van der Waals surface area contributed by atoms with Gasteiger partial charge in [-0.25, -0.2) is 0 Å². The van der Waals surface area contributed by atoms with Crippen molar-refractivity contribution in [1.82, 2.24) is 10.2 Å². The molecule has 0 aliphatic carbocycles. The fourth-order valence-corrected chi connectivity index (χ4v) is 2.68. The van der Waals surface area contributed by atoms with Gasteiger partial charge in [-0.1, -0.05) is 0 Å². The largest absolute Gasteiger partial charge is 0.494 e. The van der Waals surface area contributed by atoms with Crippen molar-refractivity contribution in [3.05, 3.63) is 34.4 Å². The molecule has 1 amide bonds. The first-order valence-corrected chi connectivity index (χ1v) is 7.44. The maximum absolute atomic E-state index is 11.7. The third kappa shape index (κ3) is 4.17. The Hall–Kier alpha value is -2.15. The van der Waals surface area contributed by atoms with E-state index in [1.807, 2.05) is 0 Å². The molecule has 7 heteroatoms. The molecule has 120 valence electrons. The number of ether oxygens (including phenoxy) is 1. The molecule has 1 fully saturated rings. The third-order valence-electron chi connectivity index (χ3n) is 3.82. The lowest BCUT2D eigenvalue weighted by molar-refractivity contribution is -0.384. The molecule has 0 spiro atoms. The average molecular weight is 307 g/mol. The lowest BCUT2D eigenvalue weighted by Crippen LogP contribution is -2.42. The van der Waals surface area contributed by atoms with Gasteiger partial charge in [0.25, 0.3) is 5.69 Å². The van der Waals surface area contributed by atoms with E-state index < -0.39 is 4.92 Å². The van der Waals surface area contributed by atoms with Crippen molar-refractivity contribution in [2.75, 3.05) is 26.7 Å². The number of rotatable bonds is 7. The molecule has 1 aromatic rings. The molecule has 1 heterocycles. The van der Waals surface area contributed by atoms with E-state index in [0.29, 0.717) is 12.4 Å². The Morgan fingerprint density at radius 1 is 1.45 bits per heavy atom. The third-order valence-corrected chi connectivity index (χ3v) is 3.82. The van der Waals surface area contributed by atoms with E-state index in [2.05, 4.69) is 10.2 Å². The number of nitro benzene ring substituents is 1. The van der Waals surface area contributed by atoms with Gasteiger partial charge in [-0.05, 0) is 37.9 Å². The molecule has 1 N–H and O–H groups in total. The number of hydrogen-bond donors (Lipinski definition) is 1. The number of non-ortho nitro benzene ring substituents is 1. The zero-order valence-corrected chi connectivity index (χ0v) is 12.7. The molecule has 0 saturated carbocycles. The minimum absolute atomic E-state index is 0.0237. The van der Waals surface area contributed by atoms with Crippen LogP contribution in [0.2, 0.25) is 0 Å². The first-order valence-electron chi connectivity index (χ1n) is 7.44. The topological polar surface area (TPSA) is 84.7 Å². The quantitative estimate of drug-likeness (QED) is 0.469. The summed E-state index contributed by atoms with van der Waals surface area (Å²) in [5, 5.41) is 13.3. The van der Waals surface area contributed by atoms with Crippen LogP contribution in [0.3, 0.4) is 0 Å². The van der Waals surface area contributed by atoms with Crippen LogP contribution in [0.15, 0.2) is 24.3 Å². The van der Waals surface area contributed by atoms with Crippen LogP contribution in [-0.2, 0) is 4.79 Å². The van der Waals surface area contributed by atoms with Crippen LogP contribution in [-0.4, -0.2) is 48.5 Å². The molecule has 1 aliphatic heterocycles. The number of hydrogen-bond acceptors (Lipinski definition) is 5. The van der Waals surface area contributed by atoms with Crippen LogP contribution in [0.25, 0.3) is 0 Å². The van der Waals surface area contributed by atoms with Crippen molar-refractivity contribution < 1.29 is 14.5 Å². The summed E-state index contributed by atoms with van der Waals surface area (Å²) in [5.41, 5.74) is 0.0536. The zero-order chi connectivity index (χ0) is 15.9. The highest BCUT2D eigenvalue weighted by molar-refractivity contribution is 5.81. The summed E-state index contributed by atoms with van der Waals surface area (Å²) < 4.78 is 5.57. The molecule has 1 aliphatic rings. The number of likely N-dealkylation sites (tertiary alicyclic amines) is 1. The Balaban J connectivity index is 1.72. The van der Waals surface area contributed by atoms with Gasteiger partial charge in [0.15, 0.2) is 0 Å². The number of nitro groups is 1. The Morgan fingerprint density at radius 3 is 2.82 bits per heavy atom. The summed E-state index contributed by atoms with van der Waals surface area (Å²) in [6, 6.07) is 6.03.